The molecule has 0 unspecified atom stereocenters. The van der Waals surface area contributed by atoms with Crippen LogP contribution in [0.1, 0.15) is 16.8 Å². The Labute approximate surface area is 277 Å². The number of aromatic nitrogens is 3. The molecule has 0 saturated heterocycles. The normalized spacial score (nSPS) is 11.9. The number of fused-ring (bicyclic) bond motifs is 5. The van der Waals surface area contributed by atoms with Crippen molar-refractivity contribution in [3.63, 3.8) is 0 Å². The van der Waals surface area contributed by atoms with Crippen molar-refractivity contribution in [2.75, 3.05) is 0 Å². The fourth-order valence-electron chi connectivity index (χ4n) is 6.98. The van der Waals surface area contributed by atoms with Gasteiger partial charge in [0.1, 0.15) is 5.82 Å². The Kier molecular flexibility index (Phi) is 6.61. The Balaban J connectivity index is 1.12. The van der Waals surface area contributed by atoms with E-state index in [1.165, 1.54) is 47.9 Å². The summed E-state index contributed by atoms with van der Waals surface area (Å²) >= 11 is 1.90. The number of aryl methyl sites for hydroxylation is 1. The number of hydrogen-bond donors (Lipinski definition) is 0. The second-order valence-electron chi connectivity index (χ2n) is 12.0. The number of hydrogen-bond acceptors (Lipinski definition) is 2. The number of imidazole rings is 1. The van der Waals surface area contributed by atoms with Gasteiger partial charge in [-0.1, -0.05) is 91.0 Å². The van der Waals surface area contributed by atoms with Crippen LogP contribution in [0.4, 0.5) is 0 Å². The number of allylic oxidation sites excluding steroid dienone is 1. The zero-order chi connectivity index (χ0) is 31.3. The van der Waals surface area contributed by atoms with E-state index < -0.39 is 0 Å². The van der Waals surface area contributed by atoms with Crippen LogP contribution in [0.25, 0.3) is 70.9 Å². The molecule has 3 nitrogen and oxygen atoms in total. The highest BCUT2D eigenvalue weighted by molar-refractivity contribution is 7.26. The van der Waals surface area contributed by atoms with Gasteiger partial charge in [0.25, 0.3) is 0 Å². The van der Waals surface area contributed by atoms with E-state index in [0.29, 0.717) is 0 Å². The van der Waals surface area contributed by atoms with Gasteiger partial charge >= 0.3 is 0 Å². The maximum Gasteiger partial charge on any atom is 0.145 e. The van der Waals surface area contributed by atoms with Crippen molar-refractivity contribution in [3.8, 4) is 22.8 Å². The van der Waals surface area contributed by atoms with Gasteiger partial charge in [-0.15, -0.1) is 11.3 Å². The predicted molar refractivity (Wildman–Crippen MR) is 200 cm³/mol. The van der Waals surface area contributed by atoms with Gasteiger partial charge in [-0.2, -0.15) is 0 Å². The van der Waals surface area contributed by atoms with Crippen molar-refractivity contribution in [2.45, 2.75) is 13.3 Å². The Morgan fingerprint density at radius 1 is 0.596 bits per heavy atom. The van der Waals surface area contributed by atoms with Gasteiger partial charge in [-0.25, -0.2) is 4.98 Å². The lowest BCUT2D eigenvalue weighted by atomic mass is 10.1. The minimum Gasteiger partial charge on any atom is -0.310 e. The molecule has 3 heterocycles. The molecular weight excluding hydrogens is 591 g/mol. The maximum atomic E-state index is 5.08. The number of para-hydroxylation sites is 4. The average Bonchev–Trinajstić information content (AvgIpc) is 3.79. The van der Waals surface area contributed by atoms with Crippen LogP contribution in [0.5, 0.6) is 0 Å². The summed E-state index contributed by atoms with van der Waals surface area (Å²) in [5, 5.41) is 3.97. The summed E-state index contributed by atoms with van der Waals surface area (Å²) < 4.78 is 7.38. The standard InChI is InChI=1S/C43H31N3S/c1-29-34-17-5-8-21-39(34)45(38(29)23-12-14-30-13-11-19-36-35-18-6-10-24-41(35)47-42(30)36)33-27-25-31(26-28-33)43-44-37-20-7-9-22-40(37)46(43)32-15-3-2-4-16-32/h2-13,15-28H,14H2,1H3. The van der Waals surface area contributed by atoms with Crippen LogP contribution in [-0.4, -0.2) is 14.1 Å². The lowest BCUT2D eigenvalue weighted by Crippen LogP contribution is -1.99. The third kappa shape index (κ3) is 4.60. The average molecular weight is 622 g/mol. The molecule has 224 valence electrons. The molecule has 0 aliphatic carbocycles. The number of rotatable bonds is 6. The predicted octanol–water partition coefficient (Wildman–Crippen LogP) is 11.6. The molecule has 0 fully saturated rings. The molecule has 0 spiro atoms. The van der Waals surface area contributed by atoms with Gasteiger partial charge in [-0.05, 0) is 91.2 Å². The van der Waals surface area contributed by atoms with Gasteiger partial charge in [-0.3, -0.25) is 4.57 Å². The Morgan fingerprint density at radius 3 is 2.13 bits per heavy atom. The van der Waals surface area contributed by atoms with E-state index in [9.17, 15) is 0 Å². The summed E-state index contributed by atoms with van der Waals surface area (Å²) in [5.41, 5.74) is 10.5. The number of benzene rings is 6. The van der Waals surface area contributed by atoms with Crippen LogP contribution >= 0.6 is 11.3 Å². The van der Waals surface area contributed by atoms with Gasteiger partial charge in [0.15, 0.2) is 0 Å². The van der Waals surface area contributed by atoms with E-state index in [1.54, 1.807) is 0 Å². The highest BCUT2D eigenvalue weighted by Gasteiger charge is 2.17. The first-order valence-corrected chi connectivity index (χ1v) is 16.9. The maximum absolute atomic E-state index is 5.08. The van der Waals surface area contributed by atoms with Crippen molar-refractivity contribution in [3.05, 3.63) is 168 Å². The second-order valence-corrected chi connectivity index (χ2v) is 13.1. The molecule has 3 aromatic heterocycles. The number of thiophene rings is 1. The molecule has 6 aromatic carbocycles. The van der Waals surface area contributed by atoms with Crippen LogP contribution in [0.2, 0.25) is 0 Å². The first-order chi connectivity index (χ1) is 23.2. The van der Waals surface area contributed by atoms with Crippen molar-refractivity contribution in [1.29, 1.82) is 0 Å². The summed E-state index contributed by atoms with van der Waals surface area (Å²) in [6, 6.07) is 51.9. The minimum absolute atomic E-state index is 0.875. The van der Waals surface area contributed by atoms with E-state index in [-0.39, 0.29) is 0 Å². The van der Waals surface area contributed by atoms with Crippen molar-refractivity contribution < 1.29 is 0 Å². The molecule has 0 aliphatic rings. The van der Waals surface area contributed by atoms with Crippen LogP contribution in [-0.2, 0) is 6.42 Å². The van der Waals surface area contributed by atoms with Gasteiger partial charge in [0, 0.05) is 48.2 Å². The molecule has 0 amide bonds. The fraction of sp³-hybridized carbons (Fsp3) is 0.0465. The lowest BCUT2D eigenvalue weighted by molar-refractivity contribution is 1.08. The van der Waals surface area contributed by atoms with Crippen molar-refractivity contribution in [2.24, 2.45) is 0 Å². The third-order valence-corrected chi connectivity index (χ3v) is 10.5. The van der Waals surface area contributed by atoms with Gasteiger partial charge in [0.05, 0.1) is 16.6 Å². The molecule has 9 rings (SSSR count). The van der Waals surface area contributed by atoms with E-state index >= 15 is 0 Å². The zero-order valence-electron chi connectivity index (χ0n) is 26.0. The molecule has 47 heavy (non-hydrogen) atoms. The highest BCUT2D eigenvalue weighted by atomic mass is 32.1. The smallest absolute Gasteiger partial charge is 0.145 e. The lowest BCUT2D eigenvalue weighted by Gasteiger charge is -2.12. The monoisotopic (exact) mass is 621 g/mol. The summed E-state index contributed by atoms with van der Waals surface area (Å²) in [6.07, 6.45) is 5.51. The molecular formula is C43H31N3S. The molecule has 0 bridgehead atoms. The minimum atomic E-state index is 0.875. The van der Waals surface area contributed by atoms with E-state index in [4.69, 9.17) is 4.98 Å². The molecule has 0 saturated carbocycles. The van der Waals surface area contributed by atoms with E-state index in [2.05, 4.69) is 174 Å². The van der Waals surface area contributed by atoms with Crippen molar-refractivity contribution in [1.82, 2.24) is 14.1 Å². The summed E-state index contributed by atoms with van der Waals surface area (Å²) in [7, 11) is 0. The molecule has 0 N–H and O–H groups in total. The fourth-order valence-corrected chi connectivity index (χ4v) is 8.21. The summed E-state index contributed by atoms with van der Waals surface area (Å²) in [4.78, 5) is 5.08. The molecule has 0 radical (unpaired) electrons. The Bertz CT molecular complexity index is 2600. The second kappa shape index (κ2) is 11.3. The van der Waals surface area contributed by atoms with Crippen LogP contribution < -0.4 is 0 Å². The zero-order valence-corrected chi connectivity index (χ0v) is 26.8. The molecule has 9 aromatic rings. The largest absolute Gasteiger partial charge is 0.310 e. The summed E-state index contributed by atoms with van der Waals surface area (Å²) in [5.74, 6) is 0.938. The quantitative estimate of drug-likeness (QED) is 0.181. The molecule has 0 aliphatic heterocycles. The van der Waals surface area contributed by atoms with Crippen molar-refractivity contribution >= 4 is 59.5 Å². The molecule has 4 heteroatoms. The van der Waals surface area contributed by atoms with Crippen LogP contribution in [0, 0.1) is 6.92 Å². The van der Waals surface area contributed by atoms with E-state index in [0.717, 1.165) is 40.2 Å². The molecule has 0 atom stereocenters. The first-order valence-electron chi connectivity index (χ1n) is 16.0. The first kappa shape index (κ1) is 27.6. The third-order valence-electron chi connectivity index (χ3n) is 9.23. The van der Waals surface area contributed by atoms with Gasteiger partial charge < -0.3 is 4.57 Å². The van der Waals surface area contributed by atoms with Crippen LogP contribution in [0.15, 0.2) is 152 Å². The number of nitrogens with zero attached hydrogens (tertiary/aromatic N) is 3. The van der Waals surface area contributed by atoms with E-state index in [1.807, 2.05) is 11.3 Å². The highest BCUT2D eigenvalue weighted by Crippen LogP contribution is 2.37. The topological polar surface area (TPSA) is 22.8 Å². The Morgan fingerprint density at radius 2 is 1.28 bits per heavy atom. The van der Waals surface area contributed by atoms with Gasteiger partial charge in [0.2, 0.25) is 0 Å². The summed E-state index contributed by atoms with van der Waals surface area (Å²) in [6.45, 7) is 2.24. The SMILES string of the molecule is Cc1c(C=CCc2cccc3c2sc2ccccc23)n(-c2ccc(-c3nc4ccccc4n3-c3ccccc3)cc2)c2ccccc12. The van der Waals surface area contributed by atoms with Crippen LogP contribution in [0.3, 0.4) is 0 Å². The Hall–Kier alpha value is -5.71.